The number of hydrogen-bond donors (Lipinski definition) is 0. The molecule has 1 heterocycles. The van der Waals surface area contributed by atoms with Crippen LogP contribution in [0.2, 0.25) is 10.0 Å². The SMILES string of the molecule is CCN(CC)c1ccc(CN(C[C@H]2CCCO2)C(C)=O)c(OS(=O)(=O)c2ccc(Cl)c(Cl)c2)c1. The van der Waals surface area contributed by atoms with Crippen LogP contribution in [0.4, 0.5) is 5.69 Å². The quantitative estimate of drug-likeness (QED) is 0.397. The summed E-state index contributed by atoms with van der Waals surface area (Å²) >= 11 is 12.0. The van der Waals surface area contributed by atoms with Crippen molar-refractivity contribution in [3.05, 3.63) is 52.0 Å². The second-order valence-electron chi connectivity index (χ2n) is 8.11. The molecule has 2 aromatic carbocycles. The lowest BCUT2D eigenvalue weighted by molar-refractivity contribution is -0.131. The molecule has 7 nitrogen and oxygen atoms in total. The topological polar surface area (TPSA) is 76.2 Å². The third-order valence-electron chi connectivity index (χ3n) is 5.81. The molecule has 0 aromatic heterocycles. The Kier molecular flexibility index (Phi) is 9.09. The first-order valence-electron chi connectivity index (χ1n) is 11.3. The number of rotatable bonds is 10. The van der Waals surface area contributed by atoms with E-state index in [2.05, 4.69) is 4.90 Å². The van der Waals surface area contributed by atoms with E-state index >= 15 is 0 Å². The smallest absolute Gasteiger partial charge is 0.339 e. The van der Waals surface area contributed by atoms with Crippen molar-refractivity contribution in [2.75, 3.05) is 31.1 Å². The van der Waals surface area contributed by atoms with Gasteiger partial charge in [-0.25, -0.2) is 0 Å². The number of benzene rings is 2. The maximum absolute atomic E-state index is 13.1. The van der Waals surface area contributed by atoms with Gasteiger partial charge in [0, 0.05) is 57.0 Å². The van der Waals surface area contributed by atoms with Crippen molar-refractivity contribution in [2.45, 2.75) is 51.2 Å². The molecule has 3 rings (SSSR count). The lowest BCUT2D eigenvalue weighted by Gasteiger charge is -2.26. The van der Waals surface area contributed by atoms with E-state index < -0.39 is 10.1 Å². The summed E-state index contributed by atoms with van der Waals surface area (Å²) in [4.78, 5) is 16.0. The van der Waals surface area contributed by atoms with Crippen molar-refractivity contribution < 1.29 is 22.1 Å². The van der Waals surface area contributed by atoms with Gasteiger partial charge >= 0.3 is 10.1 Å². The maximum Gasteiger partial charge on any atom is 0.339 e. The summed E-state index contributed by atoms with van der Waals surface area (Å²) in [5.41, 5.74) is 1.40. The summed E-state index contributed by atoms with van der Waals surface area (Å²) in [5.74, 6) is 0.0377. The fourth-order valence-electron chi connectivity index (χ4n) is 3.88. The Morgan fingerprint density at radius 3 is 2.44 bits per heavy atom. The van der Waals surface area contributed by atoms with E-state index in [1.807, 2.05) is 19.9 Å². The van der Waals surface area contributed by atoms with Crippen molar-refractivity contribution in [1.29, 1.82) is 0 Å². The first-order chi connectivity index (χ1) is 16.1. The van der Waals surface area contributed by atoms with Crippen molar-refractivity contribution in [3.8, 4) is 5.75 Å². The van der Waals surface area contributed by atoms with Crippen LogP contribution in [0.5, 0.6) is 5.75 Å². The van der Waals surface area contributed by atoms with E-state index in [0.29, 0.717) is 18.7 Å². The monoisotopic (exact) mass is 528 g/mol. The number of amides is 1. The fourth-order valence-corrected chi connectivity index (χ4v) is 5.23. The van der Waals surface area contributed by atoms with E-state index in [1.54, 1.807) is 17.0 Å². The maximum atomic E-state index is 13.1. The van der Waals surface area contributed by atoms with Crippen LogP contribution in [-0.4, -0.2) is 51.6 Å². The van der Waals surface area contributed by atoms with Crippen LogP contribution in [0.25, 0.3) is 0 Å². The number of hydrogen-bond acceptors (Lipinski definition) is 6. The van der Waals surface area contributed by atoms with Gasteiger partial charge in [0.15, 0.2) is 0 Å². The van der Waals surface area contributed by atoms with Gasteiger partial charge in [0.25, 0.3) is 0 Å². The van der Waals surface area contributed by atoms with E-state index in [4.69, 9.17) is 32.1 Å². The Balaban J connectivity index is 1.96. The molecule has 1 aliphatic rings. The number of ether oxygens (including phenoxy) is 1. The number of anilines is 1. The molecule has 0 aliphatic carbocycles. The zero-order valence-electron chi connectivity index (χ0n) is 19.6. The number of nitrogens with zero attached hydrogens (tertiary/aromatic N) is 2. The Bertz CT molecular complexity index is 1120. The Hall–Kier alpha value is -2.00. The molecule has 0 bridgehead atoms. The van der Waals surface area contributed by atoms with Crippen LogP contribution in [0, 0.1) is 0 Å². The molecule has 34 heavy (non-hydrogen) atoms. The van der Waals surface area contributed by atoms with E-state index in [1.165, 1.54) is 25.1 Å². The lowest BCUT2D eigenvalue weighted by Crippen LogP contribution is -2.35. The Morgan fingerprint density at radius 1 is 1.12 bits per heavy atom. The molecule has 10 heteroatoms. The highest BCUT2D eigenvalue weighted by molar-refractivity contribution is 7.87. The fraction of sp³-hybridized carbons (Fsp3) is 0.458. The molecule has 1 fully saturated rings. The highest BCUT2D eigenvalue weighted by atomic mass is 35.5. The van der Waals surface area contributed by atoms with Crippen LogP contribution in [0.15, 0.2) is 41.3 Å². The first-order valence-corrected chi connectivity index (χ1v) is 13.5. The third kappa shape index (κ3) is 6.56. The normalized spacial score (nSPS) is 15.9. The largest absolute Gasteiger partial charge is 0.379 e. The van der Waals surface area contributed by atoms with Crippen molar-refractivity contribution in [2.24, 2.45) is 0 Å². The van der Waals surface area contributed by atoms with Crippen LogP contribution >= 0.6 is 23.2 Å². The standard InChI is InChI=1S/C24H30Cl2N2O5S/c1-4-27(5-2)19-9-8-18(15-28(17(3)29)16-20-7-6-12-32-20)24(13-19)33-34(30,31)21-10-11-22(25)23(26)14-21/h8-11,13-14,20H,4-7,12,15-16H2,1-3H3/t20-/m1/s1. The molecule has 0 unspecified atom stereocenters. The average molecular weight is 529 g/mol. The minimum absolute atomic E-state index is 0.0249. The molecular formula is C24H30Cl2N2O5S. The third-order valence-corrected chi connectivity index (χ3v) is 7.78. The molecule has 2 aromatic rings. The molecule has 186 valence electrons. The predicted octanol–water partition coefficient (Wildman–Crippen LogP) is 5.13. The van der Waals surface area contributed by atoms with Crippen molar-refractivity contribution in [3.63, 3.8) is 0 Å². The Morgan fingerprint density at radius 2 is 1.85 bits per heavy atom. The van der Waals surface area contributed by atoms with E-state index in [9.17, 15) is 13.2 Å². The molecule has 0 spiro atoms. The highest BCUT2D eigenvalue weighted by Crippen LogP contribution is 2.32. The van der Waals surface area contributed by atoms with Crippen LogP contribution in [0.3, 0.4) is 0 Å². The second-order valence-corrected chi connectivity index (χ2v) is 10.5. The average Bonchev–Trinajstić information content (AvgIpc) is 3.30. The zero-order valence-corrected chi connectivity index (χ0v) is 21.9. The molecule has 0 N–H and O–H groups in total. The predicted molar refractivity (Wildman–Crippen MR) is 134 cm³/mol. The van der Waals surface area contributed by atoms with Gasteiger partial charge < -0.3 is 18.7 Å². The lowest BCUT2D eigenvalue weighted by atomic mass is 10.1. The summed E-state index contributed by atoms with van der Waals surface area (Å²) in [6, 6.07) is 9.42. The van der Waals surface area contributed by atoms with Gasteiger partial charge in [0.2, 0.25) is 5.91 Å². The summed E-state index contributed by atoms with van der Waals surface area (Å²) in [5, 5.41) is 0.360. The molecule has 1 atom stereocenters. The van der Waals surface area contributed by atoms with Gasteiger partial charge in [-0.05, 0) is 51.0 Å². The summed E-state index contributed by atoms with van der Waals surface area (Å²) in [6.07, 6.45) is 1.83. The molecule has 0 saturated carbocycles. The summed E-state index contributed by atoms with van der Waals surface area (Å²) in [6.45, 7) is 8.33. The molecule has 1 amide bonds. The molecule has 0 radical (unpaired) electrons. The highest BCUT2D eigenvalue weighted by Gasteiger charge is 2.25. The molecule has 1 aliphatic heterocycles. The first kappa shape index (κ1) is 26.6. The van der Waals surface area contributed by atoms with Crippen LogP contribution in [0.1, 0.15) is 39.2 Å². The van der Waals surface area contributed by atoms with Crippen molar-refractivity contribution in [1.82, 2.24) is 4.90 Å². The van der Waals surface area contributed by atoms with Crippen LogP contribution < -0.4 is 9.08 Å². The van der Waals surface area contributed by atoms with Crippen molar-refractivity contribution >= 4 is 44.9 Å². The van der Waals surface area contributed by atoms with Crippen LogP contribution in [-0.2, 0) is 26.2 Å². The van der Waals surface area contributed by atoms with Gasteiger partial charge in [0.1, 0.15) is 10.6 Å². The number of carbonyl (C=O) groups is 1. The number of halogens is 2. The zero-order chi connectivity index (χ0) is 24.9. The minimum atomic E-state index is -4.20. The van der Waals surface area contributed by atoms with Gasteiger partial charge in [-0.15, -0.1) is 0 Å². The Labute approximate surface area is 211 Å². The summed E-state index contributed by atoms with van der Waals surface area (Å²) < 4.78 is 37.5. The second kappa shape index (κ2) is 11.6. The van der Waals surface area contributed by atoms with Gasteiger partial charge in [0.05, 0.1) is 16.1 Å². The van der Waals surface area contributed by atoms with E-state index in [0.717, 1.165) is 31.6 Å². The minimum Gasteiger partial charge on any atom is -0.379 e. The van der Waals surface area contributed by atoms with Gasteiger partial charge in [-0.1, -0.05) is 29.3 Å². The molecular weight excluding hydrogens is 499 g/mol. The number of carbonyl (C=O) groups excluding carboxylic acids is 1. The van der Waals surface area contributed by atoms with Gasteiger partial charge in [-0.3, -0.25) is 4.79 Å². The summed E-state index contributed by atoms with van der Waals surface area (Å²) in [7, 11) is -4.20. The molecule has 1 saturated heterocycles. The van der Waals surface area contributed by atoms with E-state index in [-0.39, 0.29) is 39.2 Å². The van der Waals surface area contributed by atoms with Gasteiger partial charge in [-0.2, -0.15) is 8.42 Å².